The molecule has 0 bridgehead atoms. The smallest absolute Gasteiger partial charge is 0.0552 e. The zero-order valence-corrected chi connectivity index (χ0v) is 12.1. The highest BCUT2D eigenvalue weighted by Crippen LogP contribution is 2.22. The minimum Gasteiger partial charge on any atom is -0.320 e. The van der Waals surface area contributed by atoms with Gasteiger partial charge in [-0.1, -0.05) is 48.0 Å². The van der Waals surface area contributed by atoms with Crippen LogP contribution in [0.4, 0.5) is 0 Å². The first-order chi connectivity index (χ1) is 9.06. The van der Waals surface area contributed by atoms with Crippen molar-refractivity contribution in [3.8, 4) is 0 Å². The molecule has 0 radical (unpaired) electrons. The SMILES string of the molecule is CN(C)Cc1ccc(C(N)c2cccc(Cl)c2)cc1. The van der Waals surface area contributed by atoms with Gasteiger partial charge in [0.15, 0.2) is 0 Å². The summed E-state index contributed by atoms with van der Waals surface area (Å²) in [5, 5.41) is 0.720. The second-order valence-electron chi connectivity index (χ2n) is 5.01. The van der Waals surface area contributed by atoms with Gasteiger partial charge < -0.3 is 10.6 Å². The van der Waals surface area contributed by atoms with E-state index in [2.05, 4.69) is 43.3 Å². The molecule has 0 saturated heterocycles. The normalized spacial score (nSPS) is 12.7. The van der Waals surface area contributed by atoms with Gasteiger partial charge in [-0.3, -0.25) is 0 Å². The van der Waals surface area contributed by atoms with E-state index in [-0.39, 0.29) is 6.04 Å². The lowest BCUT2D eigenvalue weighted by Gasteiger charge is -2.14. The van der Waals surface area contributed by atoms with Crippen molar-refractivity contribution in [2.45, 2.75) is 12.6 Å². The molecule has 3 heteroatoms. The summed E-state index contributed by atoms with van der Waals surface area (Å²) in [7, 11) is 4.12. The highest BCUT2D eigenvalue weighted by atomic mass is 35.5. The molecular formula is C16H19ClN2. The summed E-state index contributed by atoms with van der Waals surface area (Å²) in [5.41, 5.74) is 9.69. The molecule has 2 nitrogen and oxygen atoms in total. The third-order valence-electron chi connectivity index (χ3n) is 3.05. The standard InChI is InChI=1S/C16H19ClN2/c1-19(2)11-12-6-8-13(9-7-12)16(18)14-4-3-5-15(17)10-14/h3-10,16H,11,18H2,1-2H3. The Morgan fingerprint density at radius 1 is 1.05 bits per heavy atom. The fourth-order valence-electron chi connectivity index (χ4n) is 2.09. The van der Waals surface area contributed by atoms with E-state index >= 15 is 0 Å². The lowest BCUT2D eigenvalue weighted by Crippen LogP contribution is -2.13. The predicted molar refractivity (Wildman–Crippen MR) is 81.3 cm³/mol. The number of hydrogen-bond donors (Lipinski definition) is 1. The topological polar surface area (TPSA) is 29.3 Å². The molecule has 0 aliphatic carbocycles. The van der Waals surface area contributed by atoms with E-state index in [0.29, 0.717) is 0 Å². The van der Waals surface area contributed by atoms with Crippen LogP contribution in [0.1, 0.15) is 22.7 Å². The molecule has 0 fully saturated rings. The van der Waals surface area contributed by atoms with Crippen molar-refractivity contribution >= 4 is 11.6 Å². The largest absolute Gasteiger partial charge is 0.320 e. The molecule has 0 aliphatic heterocycles. The van der Waals surface area contributed by atoms with Gasteiger partial charge in [0.2, 0.25) is 0 Å². The molecule has 100 valence electrons. The summed E-state index contributed by atoms with van der Waals surface area (Å²) >= 11 is 6.00. The van der Waals surface area contributed by atoms with Gasteiger partial charge in [-0.05, 0) is 42.9 Å². The molecule has 0 spiro atoms. The Labute approximate surface area is 119 Å². The van der Waals surface area contributed by atoms with E-state index in [1.165, 1.54) is 5.56 Å². The molecule has 2 aromatic rings. The van der Waals surface area contributed by atoms with Crippen LogP contribution in [-0.4, -0.2) is 19.0 Å². The maximum Gasteiger partial charge on any atom is 0.0552 e. The molecule has 19 heavy (non-hydrogen) atoms. The lowest BCUT2D eigenvalue weighted by molar-refractivity contribution is 0.402. The van der Waals surface area contributed by atoms with Gasteiger partial charge >= 0.3 is 0 Å². The first-order valence-electron chi connectivity index (χ1n) is 6.31. The maximum atomic E-state index is 6.27. The minimum absolute atomic E-state index is 0.132. The Bertz CT molecular complexity index is 535. The third-order valence-corrected chi connectivity index (χ3v) is 3.28. The van der Waals surface area contributed by atoms with Gasteiger partial charge in [-0.25, -0.2) is 0 Å². The number of halogens is 1. The minimum atomic E-state index is -0.132. The van der Waals surface area contributed by atoms with Crippen molar-refractivity contribution in [3.05, 3.63) is 70.2 Å². The molecule has 1 unspecified atom stereocenters. The van der Waals surface area contributed by atoms with E-state index in [9.17, 15) is 0 Å². The number of nitrogens with zero attached hydrogens (tertiary/aromatic N) is 1. The van der Waals surface area contributed by atoms with Crippen LogP contribution in [0.15, 0.2) is 48.5 Å². The molecule has 2 aromatic carbocycles. The highest BCUT2D eigenvalue weighted by Gasteiger charge is 2.09. The summed E-state index contributed by atoms with van der Waals surface area (Å²) in [4.78, 5) is 2.14. The summed E-state index contributed by atoms with van der Waals surface area (Å²) in [6.45, 7) is 0.937. The fraction of sp³-hybridized carbons (Fsp3) is 0.250. The first kappa shape index (κ1) is 14.1. The van der Waals surface area contributed by atoms with Crippen LogP contribution in [0, 0.1) is 0 Å². The Kier molecular flexibility index (Phi) is 4.59. The molecular weight excluding hydrogens is 256 g/mol. The van der Waals surface area contributed by atoms with E-state index in [4.69, 9.17) is 17.3 Å². The van der Waals surface area contributed by atoms with Crippen LogP contribution in [0.2, 0.25) is 5.02 Å². The van der Waals surface area contributed by atoms with Crippen molar-refractivity contribution in [2.75, 3.05) is 14.1 Å². The van der Waals surface area contributed by atoms with Crippen LogP contribution >= 0.6 is 11.6 Å². The molecule has 1 atom stereocenters. The highest BCUT2D eigenvalue weighted by molar-refractivity contribution is 6.30. The average molecular weight is 275 g/mol. The first-order valence-corrected chi connectivity index (χ1v) is 6.68. The number of rotatable bonds is 4. The second-order valence-corrected chi connectivity index (χ2v) is 5.45. The molecule has 2 rings (SSSR count). The number of hydrogen-bond acceptors (Lipinski definition) is 2. The molecule has 0 saturated carbocycles. The van der Waals surface area contributed by atoms with E-state index in [1.807, 2.05) is 24.3 Å². The van der Waals surface area contributed by atoms with Crippen LogP contribution < -0.4 is 5.73 Å². The van der Waals surface area contributed by atoms with Gasteiger partial charge in [0.1, 0.15) is 0 Å². The van der Waals surface area contributed by atoms with Gasteiger partial charge in [-0.15, -0.1) is 0 Å². The van der Waals surface area contributed by atoms with E-state index < -0.39 is 0 Å². The van der Waals surface area contributed by atoms with Crippen LogP contribution in [0.5, 0.6) is 0 Å². The van der Waals surface area contributed by atoms with Crippen LogP contribution in [0.3, 0.4) is 0 Å². The zero-order chi connectivity index (χ0) is 13.8. The Hall–Kier alpha value is -1.35. The predicted octanol–water partition coefficient (Wildman–Crippen LogP) is 3.45. The zero-order valence-electron chi connectivity index (χ0n) is 11.3. The summed E-state index contributed by atoms with van der Waals surface area (Å²) in [5.74, 6) is 0. The van der Waals surface area contributed by atoms with Gasteiger partial charge in [0.05, 0.1) is 6.04 Å². The summed E-state index contributed by atoms with van der Waals surface area (Å²) in [6, 6.07) is 16.0. The lowest BCUT2D eigenvalue weighted by atomic mass is 9.98. The molecule has 0 aliphatic rings. The van der Waals surface area contributed by atoms with Crippen molar-refractivity contribution < 1.29 is 0 Å². The van der Waals surface area contributed by atoms with Crippen molar-refractivity contribution in [1.29, 1.82) is 0 Å². The maximum absolute atomic E-state index is 6.27. The molecule has 0 heterocycles. The van der Waals surface area contributed by atoms with Crippen molar-refractivity contribution in [2.24, 2.45) is 5.73 Å². The van der Waals surface area contributed by atoms with Gasteiger partial charge in [0.25, 0.3) is 0 Å². The second kappa shape index (κ2) is 6.20. The monoisotopic (exact) mass is 274 g/mol. The van der Waals surface area contributed by atoms with Gasteiger partial charge in [0, 0.05) is 11.6 Å². The van der Waals surface area contributed by atoms with Crippen molar-refractivity contribution in [3.63, 3.8) is 0 Å². The Morgan fingerprint density at radius 3 is 2.32 bits per heavy atom. The van der Waals surface area contributed by atoms with Crippen LogP contribution in [0.25, 0.3) is 0 Å². The van der Waals surface area contributed by atoms with Gasteiger partial charge in [-0.2, -0.15) is 0 Å². The molecule has 0 aromatic heterocycles. The summed E-state index contributed by atoms with van der Waals surface area (Å²) in [6.07, 6.45) is 0. The molecule has 0 amide bonds. The summed E-state index contributed by atoms with van der Waals surface area (Å²) < 4.78 is 0. The number of nitrogens with two attached hydrogens (primary N) is 1. The van der Waals surface area contributed by atoms with Crippen molar-refractivity contribution in [1.82, 2.24) is 4.90 Å². The Balaban J connectivity index is 2.17. The van der Waals surface area contributed by atoms with Crippen LogP contribution in [-0.2, 0) is 6.54 Å². The quantitative estimate of drug-likeness (QED) is 0.925. The molecule has 2 N–H and O–H groups in total. The van der Waals surface area contributed by atoms with E-state index in [1.54, 1.807) is 0 Å². The van der Waals surface area contributed by atoms with E-state index in [0.717, 1.165) is 22.7 Å². The Morgan fingerprint density at radius 2 is 1.74 bits per heavy atom. The fourth-order valence-corrected chi connectivity index (χ4v) is 2.29. The number of benzene rings is 2. The third kappa shape index (κ3) is 3.80. The average Bonchev–Trinajstić information content (AvgIpc) is 2.38.